The second-order valence-corrected chi connectivity index (χ2v) is 8.83. The van der Waals surface area contributed by atoms with E-state index in [1.807, 2.05) is 4.90 Å². The van der Waals surface area contributed by atoms with Crippen LogP contribution in [0.4, 0.5) is 16.4 Å². The van der Waals surface area contributed by atoms with Crippen molar-refractivity contribution in [2.75, 3.05) is 56.0 Å². The molecule has 1 aromatic heterocycles. The first-order valence-electron chi connectivity index (χ1n) is 12.3. The van der Waals surface area contributed by atoms with Crippen molar-refractivity contribution in [3.8, 4) is 0 Å². The lowest BCUT2D eigenvalue weighted by atomic mass is 10.1. The Hall–Kier alpha value is -3.69. The van der Waals surface area contributed by atoms with Crippen molar-refractivity contribution in [1.82, 2.24) is 25.1 Å². The number of benzene rings is 1. The van der Waals surface area contributed by atoms with Gasteiger partial charge in [0.2, 0.25) is 11.9 Å². The first kappa shape index (κ1) is 24.4. The van der Waals surface area contributed by atoms with Crippen LogP contribution in [-0.4, -0.2) is 83.4 Å². The first-order valence-corrected chi connectivity index (χ1v) is 12.3. The SMILES string of the molecule is O=C(NCCC(=O)N1CCN(c2ncccn2)CC1)Nc1ccc(C(=O)N2CCCCCC2)cc1. The minimum atomic E-state index is -0.379. The lowest BCUT2D eigenvalue weighted by molar-refractivity contribution is -0.131. The molecule has 2 aliphatic rings. The largest absolute Gasteiger partial charge is 0.339 e. The van der Waals surface area contributed by atoms with Gasteiger partial charge in [-0.05, 0) is 43.2 Å². The molecular formula is C25H33N7O3. The van der Waals surface area contributed by atoms with Crippen LogP contribution in [-0.2, 0) is 4.79 Å². The number of amides is 4. The minimum absolute atomic E-state index is 0.00954. The number of piperazine rings is 1. The monoisotopic (exact) mass is 479 g/mol. The molecule has 0 spiro atoms. The third-order valence-electron chi connectivity index (χ3n) is 6.37. The number of hydrogen-bond acceptors (Lipinski definition) is 6. The number of urea groups is 1. The molecule has 3 heterocycles. The Labute approximate surface area is 205 Å². The zero-order valence-corrected chi connectivity index (χ0v) is 20.0. The molecule has 2 aromatic rings. The average Bonchev–Trinajstić information content (AvgIpc) is 3.19. The number of nitrogens with zero attached hydrogens (tertiary/aromatic N) is 5. The van der Waals surface area contributed by atoms with Gasteiger partial charge in [-0.1, -0.05) is 12.8 Å². The third kappa shape index (κ3) is 6.91. The molecule has 2 aliphatic heterocycles. The number of carbonyl (C=O) groups excluding carboxylic acids is 3. The number of rotatable bonds is 6. The summed E-state index contributed by atoms with van der Waals surface area (Å²) in [4.78, 5) is 51.7. The lowest BCUT2D eigenvalue weighted by Gasteiger charge is -2.34. The summed E-state index contributed by atoms with van der Waals surface area (Å²) >= 11 is 0. The maximum atomic E-state index is 12.7. The lowest BCUT2D eigenvalue weighted by Crippen LogP contribution is -2.49. The maximum absolute atomic E-state index is 12.7. The number of carbonyl (C=O) groups is 3. The second kappa shape index (κ2) is 12.1. The molecule has 0 aliphatic carbocycles. The molecule has 0 radical (unpaired) electrons. The summed E-state index contributed by atoms with van der Waals surface area (Å²) < 4.78 is 0. The summed E-state index contributed by atoms with van der Waals surface area (Å²) in [6, 6.07) is 8.34. The molecule has 0 saturated carbocycles. The molecule has 10 nitrogen and oxygen atoms in total. The minimum Gasteiger partial charge on any atom is -0.339 e. The second-order valence-electron chi connectivity index (χ2n) is 8.83. The van der Waals surface area contributed by atoms with Gasteiger partial charge in [-0.15, -0.1) is 0 Å². The summed E-state index contributed by atoms with van der Waals surface area (Å²) in [5.41, 5.74) is 1.22. The van der Waals surface area contributed by atoms with E-state index in [0.29, 0.717) is 43.4 Å². The van der Waals surface area contributed by atoms with Gasteiger partial charge in [-0.25, -0.2) is 14.8 Å². The molecule has 0 atom stereocenters. The summed E-state index contributed by atoms with van der Waals surface area (Å²) in [5, 5.41) is 5.48. The Kier molecular flexibility index (Phi) is 8.48. The Morgan fingerprint density at radius 1 is 0.800 bits per heavy atom. The van der Waals surface area contributed by atoms with E-state index in [4.69, 9.17) is 0 Å². The van der Waals surface area contributed by atoms with Crippen molar-refractivity contribution in [3.05, 3.63) is 48.3 Å². The van der Waals surface area contributed by atoms with Gasteiger partial charge in [0.05, 0.1) is 0 Å². The van der Waals surface area contributed by atoms with E-state index >= 15 is 0 Å². The van der Waals surface area contributed by atoms with Crippen LogP contribution in [0.25, 0.3) is 0 Å². The molecule has 35 heavy (non-hydrogen) atoms. The normalized spacial score (nSPS) is 16.4. The van der Waals surface area contributed by atoms with Crippen LogP contribution in [0.3, 0.4) is 0 Å². The fourth-order valence-electron chi connectivity index (χ4n) is 4.38. The van der Waals surface area contributed by atoms with Gasteiger partial charge in [0.25, 0.3) is 5.91 Å². The number of anilines is 2. The van der Waals surface area contributed by atoms with E-state index in [1.54, 1.807) is 47.6 Å². The maximum Gasteiger partial charge on any atom is 0.319 e. The van der Waals surface area contributed by atoms with Crippen molar-refractivity contribution in [2.24, 2.45) is 0 Å². The fraction of sp³-hybridized carbons (Fsp3) is 0.480. The number of hydrogen-bond donors (Lipinski definition) is 2. The molecule has 4 rings (SSSR count). The quantitative estimate of drug-likeness (QED) is 0.658. The highest BCUT2D eigenvalue weighted by Crippen LogP contribution is 2.16. The molecule has 2 saturated heterocycles. The van der Waals surface area contributed by atoms with Crippen LogP contribution >= 0.6 is 0 Å². The van der Waals surface area contributed by atoms with E-state index in [0.717, 1.165) is 25.9 Å². The van der Waals surface area contributed by atoms with Crippen LogP contribution < -0.4 is 15.5 Å². The number of likely N-dealkylation sites (tertiary alicyclic amines) is 1. The molecule has 2 N–H and O–H groups in total. The van der Waals surface area contributed by atoms with Crippen LogP contribution in [0.5, 0.6) is 0 Å². The molecule has 10 heteroatoms. The Balaban J connectivity index is 1.15. The predicted molar refractivity (Wildman–Crippen MR) is 133 cm³/mol. The predicted octanol–water partition coefficient (Wildman–Crippen LogP) is 2.35. The van der Waals surface area contributed by atoms with Crippen molar-refractivity contribution in [2.45, 2.75) is 32.1 Å². The highest BCUT2D eigenvalue weighted by molar-refractivity contribution is 5.95. The summed E-state index contributed by atoms with van der Waals surface area (Å²) in [5.74, 6) is 0.728. The van der Waals surface area contributed by atoms with Gasteiger partial charge in [0.1, 0.15) is 0 Å². The van der Waals surface area contributed by atoms with Crippen molar-refractivity contribution < 1.29 is 14.4 Å². The van der Waals surface area contributed by atoms with Crippen LogP contribution in [0.1, 0.15) is 42.5 Å². The van der Waals surface area contributed by atoms with Gasteiger partial charge in [0, 0.05) is 75.9 Å². The molecule has 186 valence electrons. The molecule has 0 unspecified atom stereocenters. The van der Waals surface area contributed by atoms with Gasteiger partial charge < -0.3 is 25.3 Å². The molecule has 1 aromatic carbocycles. The Bertz CT molecular complexity index is 984. The van der Waals surface area contributed by atoms with Crippen molar-refractivity contribution in [3.63, 3.8) is 0 Å². The summed E-state index contributed by atoms with van der Waals surface area (Å²) in [7, 11) is 0. The number of aromatic nitrogens is 2. The van der Waals surface area contributed by atoms with Gasteiger partial charge >= 0.3 is 6.03 Å². The van der Waals surface area contributed by atoms with E-state index in [-0.39, 0.29) is 30.8 Å². The van der Waals surface area contributed by atoms with Crippen LogP contribution in [0.15, 0.2) is 42.7 Å². The first-order chi connectivity index (χ1) is 17.1. The smallest absolute Gasteiger partial charge is 0.319 e. The topological polar surface area (TPSA) is 111 Å². The zero-order valence-electron chi connectivity index (χ0n) is 20.0. The van der Waals surface area contributed by atoms with Crippen LogP contribution in [0.2, 0.25) is 0 Å². The molecular weight excluding hydrogens is 446 g/mol. The van der Waals surface area contributed by atoms with E-state index < -0.39 is 0 Å². The van der Waals surface area contributed by atoms with E-state index in [2.05, 4.69) is 25.5 Å². The van der Waals surface area contributed by atoms with Crippen LogP contribution in [0, 0.1) is 0 Å². The van der Waals surface area contributed by atoms with E-state index in [1.165, 1.54) is 12.8 Å². The Morgan fingerprint density at radius 2 is 1.46 bits per heavy atom. The summed E-state index contributed by atoms with van der Waals surface area (Å²) in [6.07, 6.45) is 8.10. The van der Waals surface area contributed by atoms with Gasteiger partial charge in [-0.3, -0.25) is 9.59 Å². The molecule has 4 amide bonds. The fourth-order valence-corrected chi connectivity index (χ4v) is 4.38. The third-order valence-corrected chi connectivity index (χ3v) is 6.37. The Morgan fingerprint density at radius 3 is 2.11 bits per heavy atom. The highest BCUT2D eigenvalue weighted by Gasteiger charge is 2.22. The molecule has 0 bridgehead atoms. The highest BCUT2D eigenvalue weighted by atomic mass is 16.2. The van der Waals surface area contributed by atoms with Crippen molar-refractivity contribution in [1.29, 1.82) is 0 Å². The number of nitrogens with one attached hydrogen (secondary N) is 2. The average molecular weight is 480 g/mol. The summed E-state index contributed by atoms with van der Waals surface area (Å²) in [6.45, 7) is 4.42. The van der Waals surface area contributed by atoms with E-state index in [9.17, 15) is 14.4 Å². The molecule has 2 fully saturated rings. The standard InChI is InChI=1S/C25H33N7O3/c33-22(30-16-18-32(19-17-30)24-26-11-5-12-27-24)10-13-28-25(35)29-21-8-6-20(7-9-21)23(34)31-14-3-1-2-4-15-31/h5-9,11-12H,1-4,10,13-19H2,(H2,28,29,35). The van der Waals surface area contributed by atoms with Gasteiger partial charge in [-0.2, -0.15) is 0 Å². The van der Waals surface area contributed by atoms with Gasteiger partial charge in [0.15, 0.2) is 0 Å². The zero-order chi connectivity index (χ0) is 24.5. The van der Waals surface area contributed by atoms with Crippen molar-refractivity contribution >= 4 is 29.5 Å².